The minimum absolute atomic E-state index is 0.0898. The average Bonchev–Trinajstić information content (AvgIpc) is 2.12. The highest BCUT2D eigenvalue weighted by Crippen LogP contribution is 2.45. The van der Waals surface area contributed by atoms with Crippen LogP contribution in [0.15, 0.2) is 22.7 Å². The van der Waals surface area contributed by atoms with Crippen LogP contribution in [0.4, 0.5) is 4.39 Å². The lowest BCUT2D eigenvalue weighted by molar-refractivity contribution is -0.148. The Bertz CT molecular complexity index is 444. The smallest absolute Gasteiger partial charge is 0.314 e. The van der Waals surface area contributed by atoms with Crippen LogP contribution in [-0.2, 0) is 10.2 Å². The van der Waals surface area contributed by atoms with Crippen molar-refractivity contribution >= 4 is 21.9 Å². The monoisotopic (exact) mass is 287 g/mol. The van der Waals surface area contributed by atoms with Crippen molar-refractivity contribution in [3.63, 3.8) is 0 Å². The van der Waals surface area contributed by atoms with E-state index < -0.39 is 11.4 Å². The molecule has 1 aliphatic rings. The predicted octanol–water partition coefficient (Wildman–Crippen LogP) is 2.03. The molecule has 5 heteroatoms. The normalized spacial score (nSPS) is 28.6. The summed E-state index contributed by atoms with van der Waals surface area (Å²) in [6.45, 7) is 0. The van der Waals surface area contributed by atoms with Crippen LogP contribution >= 0.6 is 15.9 Å². The molecule has 3 nitrogen and oxygen atoms in total. The van der Waals surface area contributed by atoms with E-state index in [1.807, 2.05) is 0 Å². The van der Waals surface area contributed by atoms with Crippen LogP contribution in [0, 0.1) is 5.82 Å². The lowest BCUT2D eigenvalue weighted by Gasteiger charge is -2.43. The number of hydrogen-bond donors (Lipinski definition) is 2. The number of halogens is 2. The van der Waals surface area contributed by atoms with E-state index in [0.717, 1.165) is 0 Å². The zero-order valence-electron chi connectivity index (χ0n) is 8.41. The Hall–Kier alpha value is -0.940. The predicted molar refractivity (Wildman–Crippen MR) is 60.6 cm³/mol. The Balaban J connectivity index is 2.45. The molecule has 3 N–H and O–H groups in total. The first-order valence-electron chi connectivity index (χ1n) is 4.90. The molecule has 16 heavy (non-hydrogen) atoms. The van der Waals surface area contributed by atoms with Gasteiger partial charge in [0.2, 0.25) is 0 Å². The highest BCUT2D eigenvalue weighted by molar-refractivity contribution is 9.10. The molecule has 0 amide bonds. The molecule has 0 atom stereocenters. The van der Waals surface area contributed by atoms with E-state index in [4.69, 9.17) is 5.73 Å². The van der Waals surface area contributed by atoms with Crippen LogP contribution in [0.25, 0.3) is 0 Å². The third-order valence-corrected chi connectivity index (χ3v) is 3.73. The van der Waals surface area contributed by atoms with Crippen LogP contribution in [-0.4, -0.2) is 17.1 Å². The van der Waals surface area contributed by atoms with Gasteiger partial charge in [-0.15, -0.1) is 0 Å². The SMILES string of the molecule is NC1CC(C(=O)O)(c2ccc(F)cc2Br)C1. The summed E-state index contributed by atoms with van der Waals surface area (Å²) in [4.78, 5) is 11.3. The largest absolute Gasteiger partial charge is 0.481 e. The summed E-state index contributed by atoms with van der Waals surface area (Å²) in [6, 6.07) is 3.98. The van der Waals surface area contributed by atoms with Gasteiger partial charge in [0.1, 0.15) is 5.82 Å². The number of carbonyl (C=O) groups is 1. The number of carboxylic acids is 1. The Morgan fingerprint density at radius 3 is 2.62 bits per heavy atom. The zero-order valence-corrected chi connectivity index (χ0v) is 10.00. The first-order chi connectivity index (χ1) is 7.45. The van der Waals surface area contributed by atoms with Gasteiger partial charge in [-0.1, -0.05) is 22.0 Å². The first-order valence-corrected chi connectivity index (χ1v) is 5.69. The molecule has 0 spiro atoms. The molecule has 1 aromatic rings. The van der Waals surface area contributed by atoms with Crippen molar-refractivity contribution in [3.05, 3.63) is 34.1 Å². The quantitative estimate of drug-likeness (QED) is 0.875. The summed E-state index contributed by atoms with van der Waals surface area (Å²) in [6.07, 6.45) is 0.791. The lowest BCUT2D eigenvalue weighted by atomic mass is 9.62. The third-order valence-electron chi connectivity index (χ3n) is 3.08. The molecular formula is C11H11BrFNO2. The molecule has 0 unspecified atom stereocenters. The van der Waals surface area contributed by atoms with Gasteiger partial charge in [0.25, 0.3) is 0 Å². The Morgan fingerprint density at radius 1 is 1.56 bits per heavy atom. The van der Waals surface area contributed by atoms with Crippen LogP contribution in [0.5, 0.6) is 0 Å². The Kier molecular flexibility index (Phi) is 2.75. The van der Waals surface area contributed by atoms with Crippen LogP contribution in [0.2, 0.25) is 0 Å². The fourth-order valence-electron chi connectivity index (χ4n) is 2.22. The molecule has 1 saturated carbocycles. The standard InChI is InChI=1S/C11H11BrFNO2/c12-9-3-6(13)1-2-8(9)11(10(15)16)4-7(14)5-11/h1-3,7H,4-5,14H2,(H,15,16). The van der Waals surface area contributed by atoms with E-state index in [0.29, 0.717) is 22.9 Å². The van der Waals surface area contributed by atoms with Crippen molar-refractivity contribution in [1.82, 2.24) is 0 Å². The average molecular weight is 288 g/mol. The second kappa shape index (κ2) is 3.82. The summed E-state index contributed by atoms with van der Waals surface area (Å²) in [5, 5.41) is 9.28. The van der Waals surface area contributed by atoms with Gasteiger partial charge in [-0.25, -0.2) is 4.39 Å². The molecular weight excluding hydrogens is 277 g/mol. The summed E-state index contributed by atoms with van der Waals surface area (Å²) in [5.74, 6) is -1.29. The minimum Gasteiger partial charge on any atom is -0.481 e. The fourth-order valence-corrected chi connectivity index (χ4v) is 2.95. The van der Waals surface area contributed by atoms with E-state index in [9.17, 15) is 14.3 Å². The maximum absolute atomic E-state index is 12.9. The van der Waals surface area contributed by atoms with Crippen molar-refractivity contribution in [2.75, 3.05) is 0 Å². The number of benzene rings is 1. The van der Waals surface area contributed by atoms with Gasteiger partial charge in [0, 0.05) is 10.5 Å². The van der Waals surface area contributed by atoms with Gasteiger partial charge in [-0.3, -0.25) is 4.79 Å². The van der Waals surface area contributed by atoms with Crippen molar-refractivity contribution in [2.24, 2.45) is 5.73 Å². The fraction of sp³-hybridized carbons (Fsp3) is 0.364. The van der Waals surface area contributed by atoms with E-state index in [1.54, 1.807) is 0 Å². The summed E-state index contributed by atoms with van der Waals surface area (Å²) >= 11 is 3.20. The summed E-state index contributed by atoms with van der Waals surface area (Å²) < 4.78 is 13.4. The molecule has 0 saturated heterocycles. The van der Waals surface area contributed by atoms with Crippen molar-refractivity contribution in [3.8, 4) is 0 Å². The van der Waals surface area contributed by atoms with Crippen molar-refractivity contribution in [2.45, 2.75) is 24.3 Å². The first kappa shape index (κ1) is 11.5. The van der Waals surface area contributed by atoms with Gasteiger partial charge in [-0.05, 0) is 30.5 Å². The van der Waals surface area contributed by atoms with Crippen LogP contribution in [0.1, 0.15) is 18.4 Å². The molecule has 0 aromatic heterocycles. The minimum atomic E-state index is -0.952. The van der Waals surface area contributed by atoms with Crippen LogP contribution < -0.4 is 5.73 Å². The lowest BCUT2D eigenvalue weighted by Crippen LogP contribution is -2.54. The number of aliphatic carboxylic acids is 1. The van der Waals surface area contributed by atoms with Gasteiger partial charge < -0.3 is 10.8 Å². The zero-order chi connectivity index (χ0) is 11.9. The van der Waals surface area contributed by atoms with E-state index in [1.165, 1.54) is 18.2 Å². The van der Waals surface area contributed by atoms with E-state index in [2.05, 4.69) is 15.9 Å². The van der Waals surface area contributed by atoms with Gasteiger partial charge in [-0.2, -0.15) is 0 Å². The highest BCUT2D eigenvalue weighted by atomic mass is 79.9. The molecule has 0 bridgehead atoms. The van der Waals surface area contributed by atoms with Crippen molar-refractivity contribution in [1.29, 1.82) is 0 Å². The number of hydrogen-bond acceptors (Lipinski definition) is 2. The maximum Gasteiger partial charge on any atom is 0.314 e. The maximum atomic E-state index is 12.9. The molecule has 1 aromatic carbocycles. The second-order valence-corrected chi connectivity index (χ2v) is 5.03. The molecule has 0 radical (unpaired) electrons. The van der Waals surface area contributed by atoms with Gasteiger partial charge in [0.05, 0.1) is 5.41 Å². The van der Waals surface area contributed by atoms with Crippen LogP contribution in [0.3, 0.4) is 0 Å². The summed E-state index contributed by atoms with van der Waals surface area (Å²) in [7, 11) is 0. The number of rotatable bonds is 2. The highest BCUT2D eigenvalue weighted by Gasteiger charge is 2.51. The van der Waals surface area contributed by atoms with Gasteiger partial charge in [0.15, 0.2) is 0 Å². The molecule has 0 aliphatic heterocycles. The Labute approximate surface area is 101 Å². The molecule has 2 rings (SSSR count). The number of nitrogens with two attached hydrogens (primary N) is 1. The second-order valence-electron chi connectivity index (χ2n) is 4.18. The van der Waals surface area contributed by atoms with E-state index >= 15 is 0 Å². The number of carboxylic acid groups (broad SMARTS) is 1. The van der Waals surface area contributed by atoms with Gasteiger partial charge >= 0.3 is 5.97 Å². The molecule has 1 aliphatic carbocycles. The molecule has 86 valence electrons. The topological polar surface area (TPSA) is 63.3 Å². The molecule has 0 heterocycles. The summed E-state index contributed by atoms with van der Waals surface area (Å²) in [5.41, 5.74) is 5.30. The Morgan fingerprint density at radius 2 is 2.19 bits per heavy atom. The van der Waals surface area contributed by atoms with E-state index in [-0.39, 0.29) is 11.9 Å². The van der Waals surface area contributed by atoms with Crippen molar-refractivity contribution < 1.29 is 14.3 Å². The molecule has 1 fully saturated rings. The third kappa shape index (κ3) is 1.64.